The van der Waals surface area contributed by atoms with Crippen LogP contribution in [0.1, 0.15) is 107 Å². The van der Waals surface area contributed by atoms with Gasteiger partial charge in [0.2, 0.25) is 0 Å². The number of carboxylic acid groups (broad SMARTS) is 8. The van der Waals surface area contributed by atoms with Gasteiger partial charge in [-0.25, -0.2) is 0 Å². The average molecular weight is 636 g/mol. The van der Waals surface area contributed by atoms with Crippen molar-refractivity contribution in [1.29, 1.82) is 0 Å². The Morgan fingerprint density at radius 3 is 0.463 bits per heavy atom. The van der Waals surface area contributed by atoms with E-state index in [0.717, 1.165) is 53.4 Å². The Kier molecular flexibility index (Phi) is 84.9. The Bertz CT molecular complexity index is 536. The molecule has 0 aliphatic heterocycles. The number of rotatable bonds is 8. The van der Waals surface area contributed by atoms with E-state index in [4.69, 9.17) is 60.0 Å². The normalized spacial score (nSPS) is 7.22. The summed E-state index contributed by atoms with van der Waals surface area (Å²) in [5.41, 5.74) is 0. The van der Waals surface area contributed by atoms with E-state index < -0.39 is 47.8 Å². The third kappa shape index (κ3) is 604. The van der Waals surface area contributed by atoms with Gasteiger partial charge in [-0.2, -0.15) is 0 Å². The molecule has 0 aromatic heterocycles. The van der Waals surface area contributed by atoms with Gasteiger partial charge in [0.25, 0.3) is 0 Å². The summed E-state index contributed by atoms with van der Waals surface area (Å²) in [5, 5.41) is 67.2. The van der Waals surface area contributed by atoms with Gasteiger partial charge in [-0.1, -0.05) is 27.7 Å². The average Bonchev–Trinajstić information content (AvgIpc) is 2.67. The molecule has 0 spiro atoms. The molecule has 0 saturated heterocycles. The molecule has 4 N–H and O–H groups in total. The van der Waals surface area contributed by atoms with Crippen LogP contribution in [0.2, 0.25) is 0 Å². The first-order valence-corrected chi connectivity index (χ1v) is 11.6. The summed E-state index contributed by atoms with van der Waals surface area (Å²) in [7, 11) is 0. The first-order chi connectivity index (χ1) is 18.0. The number of hydrogen-bond acceptors (Lipinski definition) is 12. The summed E-state index contributed by atoms with van der Waals surface area (Å²) >= 11 is 0. The smallest absolute Gasteiger partial charge is 0.550 e. The van der Waals surface area contributed by atoms with Crippen molar-refractivity contribution in [2.75, 3.05) is 0 Å². The SMILES string of the molecule is CC(=O)[O-].CC(=O)[O-].CC(=O)[O-].CC(=O)[O-].CCCC(=O)O.CCCC(=O)O.CCCC(=O)O.CCCC(=O)O.[Ti+4]. The molecule has 0 aromatic rings. The zero-order valence-electron chi connectivity index (χ0n) is 24.8. The Labute approximate surface area is 255 Å². The maximum Gasteiger partial charge on any atom is 4.00 e. The van der Waals surface area contributed by atoms with Gasteiger partial charge >= 0.3 is 45.6 Å². The van der Waals surface area contributed by atoms with Gasteiger partial charge in [0.15, 0.2) is 0 Å². The monoisotopic (exact) mass is 636 g/mol. The fourth-order valence-corrected chi connectivity index (χ4v) is 0.855. The number of carbonyl (C=O) groups excluding carboxylic acids is 4. The van der Waals surface area contributed by atoms with Gasteiger partial charge in [-0.15, -0.1) is 0 Å². The molecule has 0 amide bonds. The van der Waals surface area contributed by atoms with Crippen LogP contribution in [0.25, 0.3) is 0 Å². The zero-order valence-corrected chi connectivity index (χ0v) is 26.4. The summed E-state index contributed by atoms with van der Waals surface area (Å²) < 4.78 is 0. The Morgan fingerprint density at radius 1 is 0.390 bits per heavy atom. The van der Waals surface area contributed by atoms with Crippen molar-refractivity contribution in [3.63, 3.8) is 0 Å². The maximum atomic E-state index is 9.60. The molecule has 17 heteroatoms. The molecule has 0 unspecified atom stereocenters. The van der Waals surface area contributed by atoms with Crippen molar-refractivity contribution in [2.24, 2.45) is 0 Å². The van der Waals surface area contributed by atoms with Gasteiger partial charge in [0.1, 0.15) is 0 Å². The molecule has 0 aliphatic carbocycles. The molecule has 0 bridgehead atoms. The third-order valence-electron chi connectivity index (χ3n) is 1.86. The molecule has 16 nitrogen and oxygen atoms in total. The second-order valence-electron chi connectivity index (χ2n) is 6.54. The number of hydrogen-bond donors (Lipinski definition) is 4. The Balaban J connectivity index is -0.0000000409. The Morgan fingerprint density at radius 2 is 0.463 bits per heavy atom. The molecule has 0 saturated carbocycles. The Hall–Kier alpha value is -3.53. The van der Waals surface area contributed by atoms with E-state index in [2.05, 4.69) is 0 Å². The first kappa shape index (κ1) is 61.5. The van der Waals surface area contributed by atoms with E-state index in [-0.39, 0.29) is 21.7 Å². The molecule has 41 heavy (non-hydrogen) atoms. The van der Waals surface area contributed by atoms with Crippen molar-refractivity contribution < 1.29 is 101 Å². The van der Waals surface area contributed by atoms with Gasteiger partial charge in [0.05, 0.1) is 0 Å². The van der Waals surface area contributed by atoms with E-state index in [1.54, 1.807) is 0 Å². The fourth-order valence-electron chi connectivity index (χ4n) is 0.855. The number of aliphatic carboxylic acids is 8. The van der Waals surface area contributed by atoms with Crippen LogP contribution in [0.4, 0.5) is 0 Å². The van der Waals surface area contributed by atoms with Crippen molar-refractivity contribution >= 4 is 47.8 Å². The summed E-state index contributed by atoms with van der Waals surface area (Å²) in [4.78, 5) is 74.0. The van der Waals surface area contributed by atoms with Crippen molar-refractivity contribution in [2.45, 2.75) is 107 Å². The van der Waals surface area contributed by atoms with Gasteiger partial charge in [-0.3, -0.25) is 19.2 Å². The summed E-state index contributed by atoms with van der Waals surface area (Å²) in [5.74, 6) is -7.18. The fraction of sp³-hybridized carbons (Fsp3) is 0.667. The van der Waals surface area contributed by atoms with Crippen LogP contribution < -0.4 is 20.4 Å². The first-order valence-electron chi connectivity index (χ1n) is 11.6. The standard InChI is InChI=1S/4C4H8O2.4C2H4O2.Ti/c4*1-2-3-4(5)6;4*1-2(3)4;/h4*2-3H2,1H3,(H,5,6);4*1H3,(H,3,4);/q;;;;;;;;+4/p-4. The minimum atomic E-state index is -1.08. The summed E-state index contributed by atoms with van der Waals surface area (Å²) in [6.45, 7) is 11.3. The van der Waals surface area contributed by atoms with Crippen LogP contribution >= 0.6 is 0 Å². The number of carboxylic acids is 8. The van der Waals surface area contributed by atoms with Crippen LogP contribution in [0.15, 0.2) is 0 Å². The van der Waals surface area contributed by atoms with Crippen molar-refractivity contribution in [1.82, 2.24) is 0 Å². The molecular weight excluding hydrogens is 592 g/mol. The molecular formula is C24H44O16Ti. The van der Waals surface area contributed by atoms with E-state index in [1.165, 1.54) is 0 Å². The number of carbonyl (C=O) groups is 8. The predicted octanol–water partition coefficient (Wildman–Crippen LogP) is -1.49. The molecule has 0 rings (SSSR count). The van der Waals surface area contributed by atoms with Crippen LogP contribution in [0.3, 0.4) is 0 Å². The van der Waals surface area contributed by atoms with E-state index in [1.807, 2.05) is 27.7 Å². The molecule has 0 heterocycles. The van der Waals surface area contributed by atoms with E-state index >= 15 is 0 Å². The van der Waals surface area contributed by atoms with E-state index in [0.29, 0.717) is 25.7 Å². The molecule has 0 atom stereocenters. The van der Waals surface area contributed by atoms with Crippen molar-refractivity contribution in [3.05, 3.63) is 0 Å². The molecule has 0 aromatic carbocycles. The largest absolute Gasteiger partial charge is 4.00 e. The van der Waals surface area contributed by atoms with Crippen molar-refractivity contribution in [3.8, 4) is 0 Å². The maximum absolute atomic E-state index is 9.60. The van der Waals surface area contributed by atoms with Crippen LogP contribution in [-0.4, -0.2) is 68.2 Å². The summed E-state index contributed by atoms with van der Waals surface area (Å²) in [6.07, 6.45) is 4.09. The van der Waals surface area contributed by atoms with Gasteiger partial charge < -0.3 is 60.0 Å². The molecule has 240 valence electrons. The van der Waals surface area contributed by atoms with Gasteiger partial charge in [-0.05, 0) is 53.4 Å². The quantitative estimate of drug-likeness (QED) is 0.220. The van der Waals surface area contributed by atoms with Crippen LogP contribution in [0, 0.1) is 0 Å². The summed E-state index contributed by atoms with van der Waals surface area (Å²) in [6, 6.07) is 0. The van der Waals surface area contributed by atoms with E-state index in [9.17, 15) is 19.2 Å². The topological polar surface area (TPSA) is 310 Å². The predicted molar refractivity (Wildman–Crippen MR) is 133 cm³/mol. The minimum absolute atomic E-state index is 0. The van der Waals surface area contributed by atoms with Gasteiger partial charge in [0, 0.05) is 49.6 Å². The third-order valence-corrected chi connectivity index (χ3v) is 1.86. The van der Waals surface area contributed by atoms with Crippen LogP contribution in [0.5, 0.6) is 0 Å². The zero-order chi connectivity index (χ0) is 34.3. The molecule has 0 fully saturated rings. The molecule has 0 radical (unpaired) electrons. The molecule has 0 aliphatic rings. The second-order valence-corrected chi connectivity index (χ2v) is 6.54. The second kappa shape index (κ2) is 56.6. The minimum Gasteiger partial charge on any atom is -0.550 e. The van der Waals surface area contributed by atoms with Crippen LogP contribution in [-0.2, 0) is 60.1 Å².